The summed E-state index contributed by atoms with van der Waals surface area (Å²) in [6.07, 6.45) is 5.90. The van der Waals surface area contributed by atoms with Crippen LogP contribution >= 0.6 is 0 Å². The monoisotopic (exact) mass is 242 g/mol. The normalized spacial score (nSPS) is 19.9. The van der Waals surface area contributed by atoms with Crippen LogP contribution in [0.1, 0.15) is 52.9 Å². The van der Waals surface area contributed by atoms with Crippen LogP contribution in [-0.2, 0) is 0 Å². The van der Waals surface area contributed by atoms with Crippen LogP contribution in [0, 0.1) is 5.92 Å². The summed E-state index contributed by atoms with van der Waals surface area (Å²) < 4.78 is 0. The quantitative estimate of drug-likeness (QED) is 0.608. The van der Waals surface area contributed by atoms with Gasteiger partial charge in [-0.3, -0.25) is 0 Å². The minimum atomic E-state index is -0.668. The maximum atomic E-state index is 9.81. The molecule has 0 aromatic carbocycles. The Morgan fingerprint density at radius 1 is 1.35 bits per heavy atom. The molecule has 1 atom stereocenters. The van der Waals surface area contributed by atoms with Crippen molar-refractivity contribution in [3.05, 3.63) is 0 Å². The first-order valence-electron chi connectivity index (χ1n) is 7.11. The van der Waals surface area contributed by atoms with Gasteiger partial charge in [-0.15, -0.1) is 0 Å². The fourth-order valence-corrected chi connectivity index (χ4v) is 2.12. The molecule has 1 unspecified atom stereocenters. The Morgan fingerprint density at radius 3 is 2.47 bits per heavy atom. The Bertz CT molecular complexity index is 212. The van der Waals surface area contributed by atoms with E-state index >= 15 is 0 Å². The van der Waals surface area contributed by atoms with E-state index in [2.05, 4.69) is 18.7 Å². The lowest BCUT2D eigenvalue weighted by Gasteiger charge is -2.27. The lowest BCUT2D eigenvalue weighted by atomic mass is 9.99. The van der Waals surface area contributed by atoms with Gasteiger partial charge < -0.3 is 15.7 Å². The van der Waals surface area contributed by atoms with Gasteiger partial charge in [0.15, 0.2) is 0 Å². The van der Waals surface area contributed by atoms with Crippen LogP contribution in [0.2, 0.25) is 0 Å². The predicted molar refractivity (Wildman–Crippen MR) is 73.0 cm³/mol. The summed E-state index contributed by atoms with van der Waals surface area (Å²) >= 11 is 0. The Kier molecular flexibility index (Phi) is 5.90. The molecule has 0 bridgehead atoms. The molecule has 3 heteroatoms. The third kappa shape index (κ3) is 6.39. The van der Waals surface area contributed by atoms with Crippen LogP contribution in [-0.4, -0.2) is 41.3 Å². The van der Waals surface area contributed by atoms with Crippen LogP contribution in [0.4, 0.5) is 0 Å². The van der Waals surface area contributed by atoms with Gasteiger partial charge in [-0.2, -0.15) is 0 Å². The summed E-state index contributed by atoms with van der Waals surface area (Å²) in [6.45, 7) is 9.18. The zero-order valence-corrected chi connectivity index (χ0v) is 11.8. The SMILES string of the molecule is CC(C)N(CCCCC(C)(O)CN)CC1CC1. The van der Waals surface area contributed by atoms with Gasteiger partial charge in [0.2, 0.25) is 0 Å². The van der Waals surface area contributed by atoms with Crippen molar-refractivity contribution < 1.29 is 5.11 Å². The third-order valence-corrected chi connectivity index (χ3v) is 3.77. The number of rotatable bonds is 9. The topological polar surface area (TPSA) is 49.5 Å². The van der Waals surface area contributed by atoms with Gasteiger partial charge >= 0.3 is 0 Å². The van der Waals surface area contributed by atoms with Gasteiger partial charge in [-0.25, -0.2) is 0 Å². The average Bonchev–Trinajstić information content (AvgIpc) is 3.06. The molecular formula is C14H30N2O. The lowest BCUT2D eigenvalue weighted by Crippen LogP contribution is -2.35. The van der Waals surface area contributed by atoms with E-state index in [0.717, 1.165) is 25.3 Å². The van der Waals surface area contributed by atoms with Crippen molar-refractivity contribution in [3.8, 4) is 0 Å². The molecule has 1 saturated carbocycles. The summed E-state index contributed by atoms with van der Waals surface area (Å²) in [5.41, 5.74) is 4.84. The second-order valence-corrected chi connectivity index (χ2v) is 6.19. The zero-order valence-electron chi connectivity index (χ0n) is 11.8. The second kappa shape index (κ2) is 6.72. The molecule has 0 aromatic rings. The molecule has 3 N–H and O–H groups in total. The zero-order chi connectivity index (χ0) is 12.9. The minimum Gasteiger partial charge on any atom is -0.389 e. The Hall–Kier alpha value is -0.120. The largest absolute Gasteiger partial charge is 0.389 e. The molecule has 0 aromatic heterocycles. The minimum absolute atomic E-state index is 0.364. The van der Waals surface area contributed by atoms with E-state index in [1.165, 1.54) is 25.8 Å². The maximum Gasteiger partial charge on any atom is 0.0741 e. The molecule has 1 rings (SSSR count). The summed E-state index contributed by atoms with van der Waals surface area (Å²) in [7, 11) is 0. The number of unbranched alkanes of at least 4 members (excludes halogenated alkanes) is 1. The first kappa shape index (κ1) is 14.9. The second-order valence-electron chi connectivity index (χ2n) is 6.19. The van der Waals surface area contributed by atoms with Crippen molar-refractivity contribution in [1.29, 1.82) is 0 Å². The maximum absolute atomic E-state index is 9.81. The molecule has 17 heavy (non-hydrogen) atoms. The van der Waals surface area contributed by atoms with E-state index < -0.39 is 5.60 Å². The summed E-state index contributed by atoms with van der Waals surface area (Å²) in [6, 6.07) is 0.644. The highest BCUT2D eigenvalue weighted by molar-refractivity contribution is 4.79. The van der Waals surface area contributed by atoms with E-state index in [4.69, 9.17) is 5.73 Å². The first-order valence-corrected chi connectivity index (χ1v) is 7.11. The van der Waals surface area contributed by atoms with Crippen LogP contribution in [0.15, 0.2) is 0 Å². The molecular weight excluding hydrogens is 212 g/mol. The van der Waals surface area contributed by atoms with Gasteiger partial charge in [0.05, 0.1) is 5.60 Å². The van der Waals surface area contributed by atoms with Gasteiger partial charge in [0.25, 0.3) is 0 Å². The molecule has 0 radical (unpaired) electrons. The summed E-state index contributed by atoms with van der Waals surface area (Å²) in [5, 5.41) is 9.81. The Balaban J connectivity index is 2.13. The van der Waals surface area contributed by atoms with Gasteiger partial charge in [-0.1, -0.05) is 0 Å². The molecule has 0 saturated heterocycles. The Labute approximate surface area is 106 Å². The highest BCUT2D eigenvalue weighted by Crippen LogP contribution is 2.30. The molecule has 0 heterocycles. The van der Waals surface area contributed by atoms with Crippen molar-refractivity contribution in [2.75, 3.05) is 19.6 Å². The molecule has 1 aliphatic carbocycles. The molecule has 102 valence electrons. The lowest BCUT2D eigenvalue weighted by molar-refractivity contribution is 0.0559. The van der Waals surface area contributed by atoms with Crippen molar-refractivity contribution in [2.45, 2.75) is 64.5 Å². The van der Waals surface area contributed by atoms with Crippen molar-refractivity contribution in [1.82, 2.24) is 4.90 Å². The number of hydrogen-bond acceptors (Lipinski definition) is 3. The van der Waals surface area contributed by atoms with E-state index in [-0.39, 0.29) is 0 Å². The predicted octanol–water partition coefficient (Wildman–Crippen LogP) is 1.99. The van der Waals surface area contributed by atoms with Crippen LogP contribution in [0.25, 0.3) is 0 Å². The van der Waals surface area contributed by atoms with E-state index in [1.807, 2.05) is 6.92 Å². The molecule has 0 spiro atoms. The standard InChI is InChI=1S/C14H30N2O/c1-12(2)16(10-13-6-7-13)9-5-4-8-14(3,17)11-15/h12-13,17H,4-11,15H2,1-3H3. The third-order valence-electron chi connectivity index (χ3n) is 3.77. The van der Waals surface area contributed by atoms with E-state index in [1.54, 1.807) is 0 Å². The van der Waals surface area contributed by atoms with E-state index in [0.29, 0.717) is 12.6 Å². The van der Waals surface area contributed by atoms with Crippen molar-refractivity contribution >= 4 is 0 Å². The first-order chi connectivity index (χ1) is 7.94. The van der Waals surface area contributed by atoms with Crippen molar-refractivity contribution in [3.63, 3.8) is 0 Å². The number of hydrogen-bond donors (Lipinski definition) is 2. The summed E-state index contributed by atoms with van der Waals surface area (Å²) in [5.74, 6) is 0.963. The van der Waals surface area contributed by atoms with Gasteiger partial charge in [0, 0.05) is 19.1 Å². The average molecular weight is 242 g/mol. The molecule has 1 aliphatic rings. The number of aliphatic hydroxyl groups is 1. The Morgan fingerprint density at radius 2 is 2.00 bits per heavy atom. The smallest absolute Gasteiger partial charge is 0.0741 e. The molecule has 0 aliphatic heterocycles. The number of nitrogens with zero attached hydrogens (tertiary/aromatic N) is 1. The number of nitrogens with two attached hydrogens (primary N) is 1. The highest BCUT2D eigenvalue weighted by atomic mass is 16.3. The molecule has 3 nitrogen and oxygen atoms in total. The molecule has 1 fully saturated rings. The molecule has 0 amide bonds. The fourth-order valence-electron chi connectivity index (χ4n) is 2.12. The van der Waals surface area contributed by atoms with Crippen molar-refractivity contribution in [2.24, 2.45) is 11.7 Å². The van der Waals surface area contributed by atoms with Crippen LogP contribution < -0.4 is 5.73 Å². The van der Waals surface area contributed by atoms with Crippen LogP contribution in [0.5, 0.6) is 0 Å². The summed E-state index contributed by atoms with van der Waals surface area (Å²) in [4.78, 5) is 2.58. The van der Waals surface area contributed by atoms with Gasteiger partial charge in [0.1, 0.15) is 0 Å². The highest BCUT2D eigenvalue weighted by Gasteiger charge is 2.25. The van der Waals surface area contributed by atoms with Crippen LogP contribution in [0.3, 0.4) is 0 Å². The van der Waals surface area contributed by atoms with Gasteiger partial charge in [-0.05, 0) is 65.3 Å². The fraction of sp³-hybridized carbons (Fsp3) is 1.00. The van der Waals surface area contributed by atoms with E-state index in [9.17, 15) is 5.11 Å².